The maximum atomic E-state index is 12.0. The number of hydrogen-bond acceptors (Lipinski definition) is 3. The van der Waals surface area contributed by atoms with Crippen molar-refractivity contribution in [2.75, 3.05) is 13.6 Å². The van der Waals surface area contributed by atoms with Crippen LogP contribution in [0, 0.1) is 0 Å². The van der Waals surface area contributed by atoms with Crippen molar-refractivity contribution < 1.29 is 14.7 Å². The highest BCUT2D eigenvalue weighted by Crippen LogP contribution is 2.22. The minimum Gasteiger partial charge on any atom is -0.465 e. The van der Waals surface area contributed by atoms with Crippen LogP contribution in [0.1, 0.15) is 17.4 Å². The molecule has 2 N–H and O–H groups in total. The summed E-state index contributed by atoms with van der Waals surface area (Å²) in [5.74, 6) is -0.435. The van der Waals surface area contributed by atoms with Crippen molar-refractivity contribution in [1.82, 2.24) is 14.8 Å². The number of pyridine rings is 1. The summed E-state index contributed by atoms with van der Waals surface area (Å²) in [6.07, 6.45) is -1.15. The number of likely N-dealkylation sites (N-methyl/N-ethyl adjacent to an activating group) is 1. The summed E-state index contributed by atoms with van der Waals surface area (Å²) in [5.41, 5.74) is -1.52. The van der Waals surface area contributed by atoms with Crippen molar-refractivity contribution in [3.63, 3.8) is 0 Å². The third-order valence-corrected chi connectivity index (χ3v) is 3.30. The number of carbonyl (C=O) groups is 2. The normalized spacial score (nSPS) is 20.9. The minimum atomic E-state index is -1.15. The molecule has 2 amide bonds. The van der Waals surface area contributed by atoms with E-state index in [1.807, 2.05) is 0 Å². The highest BCUT2D eigenvalue weighted by Gasteiger charge is 2.41. The van der Waals surface area contributed by atoms with Gasteiger partial charge >= 0.3 is 6.09 Å². The van der Waals surface area contributed by atoms with Crippen LogP contribution >= 0.6 is 11.6 Å². The molecule has 2 rings (SSSR count). The Morgan fingerprint density at radius 1 is 1.53 bits per heavy atom. The SMILES string of the molecule is CN(CC1(C)NC(=O)c2ccc(Cl)c(=O)n21)C(=O)O. The lowest BCUT2D eigenvalue weighted by atomic mass is 10.2. The first-order valence-electron chi connectivity index (χ1n) is 5.45. The molecule has 0 aliphatic carbocycles. The number of hydrogen-bond donors (Lipinski definition) is 2. The highest BCUT2D eigenvalue weighted by atomic mass is 35.5. The summed E-state index contributed by atoms with van der Waals surface area (Å²) >= 11 is 5.76. The van der Waals surface area contributed by atoms with Crippen molar-refractivity contribution >= 4 is 23.6 Å². The molecule has 1 unspecified atom stereocenters. The third-order valence-electron chi connectivity index (χ3n) is 3.02. The standard InChI is InChI=1S/C11H12ClN3O4/c1-11(5-14(2)10(18)19)13-8(16)7-4-3-6(12)9(17)15(7)11/h3-4H,5H2,1-2H3,(H,13,16)(H,18,19). The molecule has 1 atom stereocenters. The second-order valence-corrected chi connectivity index (χ2v) is 4.98. The number of nitrogens with zero attached hydrogens (tertiary/aromatic N) is 2. The van der Waals surface area contributed by atoms with Gasteiger partial charge < -0.3 is 15.3 Å². The number of rotatable bonds is 2. The van der Waals surface area contributed by atoms with Crippen LogP contribution < -0.4 is 10.9 Å². The Morgan fingerprint density at radius 3 is 2.74 bits per heavy atom. The topological polar surface area (TPSA) is 91.6 Å². The maximum Gasteiger partial charge on any atom is 0.407 e. The minimum absolute atomic E-state index is 0.0237. The summed E-state index contributed by atoms with van der Waals surface area (Å²) in [6.45, 7) is 1.50. The van der Waals surface area contributed by atoms with E-state index in [0.29, 0.717) is 0 Å². The molecule has 0 aromatic carbocycles. The zero-order valence-electron chi connectivity index (χ0n) is 10.3. The Hall–Kier alpha value is -2.02. The number of nitrogens with one attached hydrogen (secondary N) is 1. The summed E-state index contributed by atoms with van der Waals surface area (Å²) in [5, 5.41) is 11.5. The van der Waals surface area contributed by atoms with Crippen molar-refractivity contribution in [2.45, 2.75) is 12.6 Å². The predicted molar refractivity (Wildman–Crippen MR) is 67.5 cm³/mol. The number of halogens is 1. The molecule has 0 fully saturated rings. The Bertz CT molecular complexity index is 627. The molecule has 102 valence electrons. The molecule has 0 radical (unpaired) electrons. The van der Waals surface area contributed by atoms with Gasteiger partial charge in [0, 0.05) is 7.05 Å². The fourth-order valence-electron chi connectivity index (χ4n) is 2.19. The van der Waals surface area contributed by atoms with E-state index in [0.717, 1.165) is 4.90 Å². The van der Waals surface area contributed by atoms with E-state index in [1.54, 1.807) is 6.92 Å². The van der Waals surface area contributed by atoms with Gasteiger partial charge in [-0.15, -0.1) is 0 Å². The number of carboxylic acid groups (broad SMARTS) is 1. The molecule has 2 heterocycles. The van der Waals surface area contributed by atoms with E-state index in [9.17, 15) is 14.4 Å². The number of amides is 2. The molecule has 0 bridgehead atoms. The molecule has 0 saturated heterocycles. The van der Waals surface area contributed by atoms with Crippen molar-refractivity contribution in [3.05, 3.63) is 33.2 Å². The zero-order chi connectivity index (χ0) is 14.4. The Morgan fingerprint density at radius 2 is 2.16 bits per heavy atom. The monoisotopic (exact) mass is 285 g/mol. The van der Waals surface area contributed by atoms with Crippen LogP contribution in [0.4, 0.5) is 4.79 Å². The smallest absolute Gasteiger partial charge is 0.407 e. The maximum absolute atomic E-state index is 12.0. The lowest BCUT2D eigenvalue weighted by Gasteiger charge is -2.30. The summed E-state index contributed by atoms with van der Waals surface area (Å²) in [6, 6.07) is 2.78. The largest absolute Gasteiger partial charge is 0.465 e. The van der Waals surface area contributed by atoms with Crippen LogP contribution in [0.2, 0.25) is 5.02 Å². The average Bonchev–Trinajstić information content (AvgIpc) is 2.55. The van der Waals surface area contributed by atoms with Gasteiger partial charge in [-0.1, -0.05) is 11.6 Å². The van der Waals surface area contributed by atoms with Gasteiger partial charge in [-0.25, -0.2) is 4.79 Å². The Kier molecular flexibility index (Phi) is 3.01. The van der Waals surface area contributed by atoms with Crippen LogP contribution in [0.15, 0.2) is 16.9 Å². The predicted octanol–water partition coefficient (Wildman–Crippen LogP) is 0.528. The molecule has 8 heteroatoms. The van der Waals surface area contributed by atoms with E-state index in [-0.39, 0.29) is 17.3 Å². The first-order chi connectivity index (χ1) is 8.76. The number of fused-ring (bicyclic) bond motifs is 1. The average molecular weight is 286 g/mol. The summed E-state index contributed by atoms with van der Waals surface area (Å²) in [4.78, 5) is 35.7. The van der Waals surface area contributed by atoms with Gasteiger partial charge in [0.05, 0.1) is 6.54 Å². The first-order valence-corrected chi connectivity index (χ1v) is 5.83. The lowest BCUT2D eigenvalue weighted by molar-refractivity contribution is 0.0884. The number of carbonyl (C=O) groups excluding carboxylic acids is 1. The Labute approximate surface area is 113 Å². The molecule has 1 aliphatic heterocycles. The molecule has 1 aromatic heterocycles. The van der Waals surface area contributed by atoms with Gasteiger partial charge in [-0.3, -0.25) is 14.2 Å². The van der Waals surface area contributed by atoms with Crippen molar-refractivity contribution in [1.29, 1.82) is 0 Å². The lowest BCUT2D eigenvalue weighted by Crippen LogP contribution is -2.52. The zero-order valence-corrected chi connectivity index (χ0v) is 11.1. The van der Waals surface area contributed by atoms with E-state index in [2.05, 4.69) is 5.32 Å². The molecular weight excluding hydrogens is 274 g/mol. The molecule has 1 aromatic rings. The van der Waals surface area contributed by atoms with Gasteiger partial charge in [0.1, 0.15) is 16.4 Å². The van der Waals surface area contributed by atoms with E-state index < -0.39 is 23.2 Å². The van der Waals surface area contributed by atoms with Crippen LogP contribution in [0.3, 0.4) is 0 Å². The van der Waals surface area contributed by atoms with E-state index in [4.69, 9.17) is 16.7 Å². The van der Waals surface area contributed by atoms with E-state index >= 15 is 0 Å². The molecule has 1 aliphatic rings. The molecule has 7 nitrogen and oxygen atoms in total. The highest BCUT2D eigenvalue weighted by molar-refractivity contribution is 6.30. The Balaban J connectivity index is 2.54. The quantitative estimate of drug-likeness (QED) is 0.829. The van der Waals surface area contributed by atoms with Gasteiger partial charge in [-0.05, 0) is 19.1 Å². The van der Waals surface area contributed by atoms with Crippen LogP contribution in [0.5, 0.6) is 0 Å². The van der Waals surface area contributed by atoms with Crippen molar-refractivity contribution in [3.8, 4) is 0 Å². The van der Waals surface area contributed by atoms with Crippen molar-refractivity contribution in [2.24, 2.45) is 0 Å². The first kappa shape index (κ1) is 13.4. The second-order valence-electron chi connectivity index (χ2n) is 4.57. The fraction of sp³-hybridized carbons (Fsp3) is 0.364. The van der Waals surface area contributed by atoms with Crippen LogP contribution in [0.25, 0.3) is 0 Å². The number of aromatic nitrogens is 1. The van der Waals surface area contributed by atoms with E-state index in [1.165, 1.54) is 23.7 Å². The summed E-state index contributed by atoms with van der Waals surface area (Å²) in [7, 11) is 1.35. The van der Waals surface area contributed by atoms with Gasteiger partial charge in [-0.2, -0.15) is 0 Å². The van der Waals surface area contributed by atoms with Gasteiger partial charge in [0.15, 0.2) is 0 Å². The third kappa shape index (κ3) is 2.06. The van der Waals surface area contributed by atoms with Crippen LogP contribution in [-0.2, 0) is 5.66 Å². The molecule has 19 heavy (non-hydrogen) atoms. The molecule has 0 saturated carbocycles. The van der Waals surface area contributed by atoms with Crippen LogP contribution in [-0.4, -0.2) is 40.2 Å². The summed E-state index contributed by atoms with van der Waals surface area (Å²) < 4.78 is 1.19. The van der Waals surface area contributed by atoms with Gasteiger partial charge in [0.25, 0.3) is 11.5 Å². The molecule has 0 spiro atoms. The van der Waals surface area contributed by atoms with Gasteiger partial charge in [0.2, 0.25) is 0 Å². The fourth-order valence-corrected chi connectivity index (χ4v) is 2.33. The second kappa shape index (κ2) is 4.27. The molecular formula is C11H12ClN3O4.